The number of hydrogen-bond donors (Lipinski definition) is 1. The van der Waals surface area contributed by atoms with Gasteiger partial charge in [0.2, 0.25) is 0 Å². The van der Waals surface area contributed by atoms with Gasteiger partial charge < -0.3 is 5.11 Å². The van der Waals surface area contributed by atoms with E-state index in [1.807, 2.05) is 0 Å². The fraction of sp³-hybridized carbons (Fsp3) is 0.800. The molecule has 0 unspecified atom stereocenters. The van der Waals surface area contributed by atoms with Crippen LogP contribution in [0.1, 0.15) is 13.8 Å². The van der Waals surface area contributed by atoms with Crippen molar-refractivity contribution in [2.24, 2.45) is 11.0 Å². The SMILES string of the molecule is CC(C)[C@@H](N=[N+]=[N-])C(=O)O. The van der Waals surface area contributed by atoms with Gasteiger partial charge in [-0.2, -0.15) is 0 Å². The molecule has 0 rings (SSSR count). The maximum atomic E-state index is 10.3. The fourth-order valence-electron chi connectivity index (χ4n) is 0.524. The molecule has 5 heteroatoms. The number of carbonyl (C=O) groups is 1. The average molecular weight is 143 g/mol. The second kappa shape index (κ2) is 3.74. The number of rotatable bonds is 3. The highest BCUT2D eigenvalue weighted by atomic mass is 16.4. The Labute approximate surface area is 58.3 Å². The first kappa shape index (κ1) is 8.78. The number of carboxylic acids is 1. The molecule has 1 atom stereocenters. The first-order chi connectivity index (χ1) is 4.59. The van der Waals surface area contributed by atoms with Crippen LogP contribution in [0.4, 0.5) is 0 Å². The number of carboxylic acid groups (broad SMARTS) is 1. The van der Waals surface area contributed by atoms with E-state index >= 15 is 0 Å². The number of aliphatic carboxylic acids is 1. The molecular formula is C5H9N3O2. The smallest absolute Gasteiger partial charge is 0.312 e. The lowest BCUT2D eigenvalue weighted by molar-refractivity contribution is -0.139. The minimum Gasteiger partial charge on any atom is -0.481 e. The molecule has 0 fully saturated rings. The van der Waals surface area contributed by atoms with Crippen LogP contribution >= 0.6 is 0 Å². The summed E-state index contributed by atoms with van der Waals surface area (Å²) in [5, 5.41) is 11.5. The first-order valence-electron chi connectivity index (χ1n) is 2.86. The summed E-state index contributed by atoms with van der Waals surface area (Å²) < 4.78 is 0. The Kier molecular flexibility index (Phi) is 3.28. The molecule has 0 aliphatic rings. The highest BCUT2D eigenvalue weighted by Gasteiger charge is 2.18. The summed E-state index contributed by atoms with van der Waals surface area (Å²) in [4.78, 5) is 12.7. The minimum atomic E-state index is -1.08. The monoisotopic (exact) mass is 143 g/mol. The van der Waals surface area contributed by atoms with E-state index < -0.39 is 12.0 Å². The molecule has 0 aliphatic heterocycles. The van der Waals surface area contributed by atoms with Crippen LogP contribution in [0.5, 0.6) is 0 Å². The summed E-state index contributed by atoms with van der Waals surface area (Å²) >= 11 is 0. The van der Waals surface area contributed by atoms with Crippen molar-refractivity contribution >= 4 is 5.97 Å². The van der Waals surface area contributed by atoms with Gasteiger partial charge in [0.25, 0.3) is 0 Å². The lowest BCUT2D eigenvalue weighted by atomic mass is 10.1. The summed E-state index contributed by atoms with van der Waals surface area (Å²) in [6, 6.07) is -0.940. The zero-order valence-electron chi connectivity index (χ0n) is 5.85. The Bertz CT molecular complexity index is 170. The molecule has 0 bridgehead atoms. The molecule has 0 aromatic heterocycles. The van der Waals surface area contributed by atoms with Crippen LogP contribution in [0.25, 0.3) is 10.4 Å². The summed E-state index contributed by atoms with van der Waals surface area (Å²) in [6.07, 6.45) is 0. The maximum absolute atomic E-state index is 10.3. The largest absolute Gasteiger partial charge is 0.481 e. The average Bonchev–Trinajstić information content (AvgIpc) is 1.81. The van der Waals surface area contributed by atoms with E-state index in [1.165, 1.54) is 0 Å². The van der Waals surface area contributed by atoms with Gasteiger partial charge in [-0.15, -0.1) is 0 Å². The van der Waals surface area contributed by atoms with Crippen molar-refractivity contribution in [3.8, 4) is 0 Å². The van der Waals surface area contributed by atoms with Crippen LogP contribution in [0.3, 0.4) is 0 Å². The van der Waals surface area contributed by atoms with E-state index in [-0.39, 0.29) is 5.92 Å². The van der Waals surface area contributed by atoms with E-state index in [1.54, 1.807) is 13.8 Å². The topological polar surface area (TPSA) is 86.1 Å². The van der Waals surface area contributed by atoms with Gasteiger partial charge in [-0.1, -0.05) is 19.0 Å². The molecule has 0 amide bonds. The van der Waals surface area contributed by atoms with Gasteiger partial charge in [0.1, 0.15) is 6.04 Å². The van der Waals surface area contributed by atoms with Crippen molar-refractivity contribution in [3.05, 3.63) is 10.4 Å². The number of hydrogen-bond acceptors (Lipinski definition) is 2. The standard InChI is InChI=1S/C5H9N3O2/c1-3(2)4(5(9)10)7-8-6/h3-4H,1-2H3,(H,9,10)/t4-/m1/s1. The van der Waals surface area contributed by atoms with Crippen molar-refractivity contribution in [1.82, 2.24) is 0 Å². The van der Waals surface area contributed by atoms with E-state index in [4.69, 9.17) is 10.6 Å². The van der Waals surface area contributed by atoms with Crippen LogP contribution in [-0.4, -0.2) is 17.1 Å². The number of azide groups is 1. The zero-order valence-corrected chi connectivity index (χ0v) is 5.85. The second-order valence-corrected chi connectivity index (χ2v) is 2.23. The highest BCUT2D eigenvalue weighted by Crippen LogP contribution is 2.05. The van der Waals surface area contributed by atoms with Crippen molar-refractivity contribution in [2.75, 3.05) is 0 Å². The van der Waals surface area contributed by atoms with Gasteiger partial charge in [-0.05, 0) is 11.4 Å². The van der Waals surface area contributed by atoms with E-state index in [0.29, 0.717) is 0 Å². The third-order valence-electron chi connectivity index (χ3n) is 1.06. The number of nitrogens with zero attached hydrogens (tertiary/aromatic N) is 3. The molecule has 0 aromatic carbocycles. The molecule has 0 saturated carbocycles. The zero-order chi connectivity index (χ0) is 8.15. The van der Waals surface area contributed by atoms with Gasteiger partial charge >= 0.3 is 5.97 Å². The molecule has 0 radical (unpaired) electrons. The Balaban J connectivity index is 4.26. The normalized spacial score (nSPS) is 12.3. The van der Waals surface area contributed by atoms with Crippen LogP contribution in [-0.2, 0) is 4.79 Å². The highest BCUT2D eigenvalue weighted by molar-refractivity contribution is 5.73. The van der Waals surface area contributed by atoms with Gasteiger partial charge in [0.05, 0.1) is 0 Å². The van der Waals surface area contributed by atoms with Crippen molar-refractivity contribution in [1.29, 1.82) is 0 Å². The fourth-order valence-corrected chi connectivity index (χ4v) is 0.524. The van der Waals surface area contributed by atoms with Crippen molar-refractivity contribution in [3.63, 3.8) is 0 Å². The third kappa shape index (κ3) is 2.37. The predicted octanol–water partition coefficient (Wildman–Crippen LogP) is 1.41. The van der Waals surface area contributed by atoms with Crippen molar-refractivity contribution < 1.29 is 9.90 Å². The Hall–Kier alpha value is -1.22. The van der Waals surface area contributed by atoms with Crippen LogP contribution in [0.2, 0.25) is 0 Å². The molecule has 0 aromatic rings. The summed E-state index contributed by atoms with van der Waals surface area (Å²) in [5.41, 5.74) is 7.93. The molecule has 0 heterocycles. The van der Waals surface area contributed by atoms with Gasteiger partial charge in [-0.3, -0.25) is 4.79 Å². The van der Waals surface area contributed by atoms with Crippen LogP contribution < -0.4 is 0 Å². The minimum absolute atomic E-state index is 0.159. The van der Waals surface area contributed by atoms with Crippen molar-refractivity contribution in [2.45, 2.75) is 19.9 Å². The van der Waals surface area contributed by atoms with E-state index in [2.05, 4.69) is 10.0 Å². The summed E-state index contributed by atoms with van der Waals surface area (Å²) in [7, 11) is 0. The lowest BCUT2D eigenvalue weighted by Crippen LogP contribution is -2.22. The molecule has 0 spiro atoms. The Morgan fingerprint density at radius 2 is 2.20 bits per heavy atom. The molecule has 56 valence electrons. The predicted molar refractivity (Wildman–Crippen MR) is 35.4 cm³/mol. The maximum Gasteiger partial charge on any atom is 0.312 e. The molecule has 10 heavy (non-hydrogen) atoms. The quantitative estimate of drug-likeness (QED) is 0.367. The van der Waals surface area contributed by atoms with Gasteiger partial charge in [-0.25, -0.2) is 0 Å². The van der Waals surface area contributed by atoms with Crippen LogP contribution in [0, 0.1) is 5.92 Å². The second-order valence-electron chi connectivity index (χ2n) is 2.23. The summed E-state index contributed by atoms with van der Waals surface area (Å²) in [5.74, 6) is -1.23. The van der Waals surface area contributed by atoms with Gasteiger partial charge in [0.15, 0.2) is 0 Å². The van der Waals surface area contributed by atoms with Gasteiger partial charge in [0, 0.05) is 4.91 Å². The van der Waals surface area contributed by atoms with E-state index in [0.717, 1.165) is 0 Å². The molecule has 1 N–H and O–H groups in total. The summed E-state index contributed by atoms with van der Waals surface area (Å²) in [6.45, 7) is 3.38. The van der Waals surface area contributed by atoms with E-state index in [9.17, 15) is 4.79 Å². The molecule has 5 nitrogen and oxygen atoms in total. The van der Waals surface area contributed by atoms with Crippen LogP contribution in [0.15, 0.2) is 5.11 Å². The molecule has 0 saturated heterocycles. The molecular weight excluding hydrogens is 134 g/mol. The third-order valence-corrected chi connectivity index (χ3v) is 1.06. The molecule has 0 aliphatic carbocycles. The lowest BCUT2D eigenvalue weighted by Gasteiger charge is -2.07. The first-order valence-corrected chi connectivity index (χ1v) is 2.86. The Morgan fingerprint density at radius 1 is 1.70 bits per heavy atom. The Morgan fingerprint density at radius 3 is 2.30 bits per heavy atom.